The molecule has 1 aliphatic rings. The Kier molecular flexibility index (Phi) is 6.67. The first-order valence-corrected chi connectivity index (χ1v) is 11.0. The van der Waals surface area contributed by atoms with E-state index in [1.807, 2.05) is 67.4 Å². The zero-order valence-corrected chi connectivity index (χ0v) is 19.3. The molecule has 0 radical (unpaired) electrons. The smallest absolute Gasteiger partial charge is 0.295 e. The minimum absolute atomic E-state index is 0.220. The van der Waals surface area contributed by atoms with Crippen LogP contribution >= 0.6 is 11.6 Å². The van der Waals surface area contributed by atoms with Gasteiger partial charge in [-0.3, -0.25) is 4.79 Å². The minimum atomic E-state index is -0.220. The Morgan fingerprint density at radius 1 is 1.12 bits per heavy atom. The second kappa shape index (κ2) is 9.63. The van der Waals surface area contributed by atoms with Crippen molar-refractivity contribution in [1.29, 1.82) is 0 Å². The molecule has 7 nitrogen and oxygen atoms in total. The summed E-state index contributed by atoms with van der Waals surface area (Å²) in [4.78, 5) is 17.5. The standard InChI is InChI=1S/C24H27ClN4O3/c1-4-27(2)22-16-19(17-7-5-8-18(15-17)31-3)26-29(24(22)30)21-10-6-9-20(23(21)25)28-11-13-32-14-12-28/h5-10,15-16H,4,11-14H2,1-3H3. The fourth-order valence-electron chi connectivity index (χ4n) is 3.73. The van der Waals surface area contributed by atoms with E-state index < -0.39 is 0 Å². The highest BCUT2D eigenvalue weighted by molar-refractivity contribution is 6.35. The molecule has 0 atom stereocenters. The molecule has 0 saturated carbocycles. The SMILES string of the molecule is CCN(C)c1cc(-c2cccc(OC)c2)nn(-c2cccc(N3CCOCC3)c2Cl)c1=O. The summed E-state index contributed by atoms with van der Waals surface area (Å²) in [6, 6.07) is 15.1. The van der Waals surface area contributed by atoms with E-state index in [4.69, 9.17) is 26.2 Å². The van der Waals surface area contributed by atoms with E-state index in [0.717, 1.165) is 30.1 Å². The van der Waals surface area contributed by atoms with Gasteiger partial charge in [-0.15, -0.1) is 0 Å². The number of benzene rings is 2. The highest BCUT2D eigenvalue weighted by Crippen LogP contribution is 2.32. The number of nitrogens with zero attached hydrogens (tertiary/aromatic N) is 4. The number of anilines is 2. The van der Waals surface area contributed by atoms with Gasteiger partial charge in [0.15, 0.2) is 0 Å². The number of halogens is 1. The number of rotatable bonds is 6. The molecule has 0 unspecified atom stereocenters. The van der Waals surface area contributed by atoms with Gasteiger partial charge in [0.1, 0.15) is 11.4 Å². The lowest BCUT2D eigenvalue weighted by atomic mass is 10.1. The van der Waals surface area contributed by atoms with Crippen molar-refractivity contribution < 1.29 is 9.47 Å². The maximum Gasteiger partial charge on any atom is 0.295 e. The van der Waals surface area contributed by atoms with Crippen molar-refractivity contribution in [3.63, 3.8) is 0 Å². The Labute approximate surface area is 192 Å². The summed E-state index contributed by atoms with van der Waals surface area (Å²) in [6.45, 7) is 5.48. The lowest BCUT2D eigenvalue weighted by Crippen LogP contribution is -2.36. The highest BCUT2D eigenvalue weighted by Gasteiger charge is 2.20. The van der Waals surface area contributed by atoms with E-state index in [1.165, 1.54) is 4.68 Å². The van der Waals surface area contributed by atoms with Crippen molar-refractivity contribution in [3.05, 3.63) is 63.9 Å². The Morgan fingerprint density at radius 2 is 1.84 bits per heavy atom. The maximum absolute atomic E-state index is 13.5. The van der Waals surface area contributed by atoms with Crippen LogP contribution in [0.2, 0.25) is 5.02 Å². The molecular weight excluding hydrogens is 428 g/mol. The van der Waals surface area contributed by atoms with Crippen LogP contribution in [0.3, 0.4) is 0 Å². The number of ether oxygens (including phenoxy) is 2. The van der Waals surface area contributed by atoms with Crippen LogP contribution in [-0.4, -0.2) is 56.8 Å². The average Bonchev–Trinajstić information content (AvgIpc) is 2.84. The molecule has 0 spiro atoms. The molecule has 0 aliphatic carbocycles. The minimum Gasteiger partial charge on any atom is -0.497 e. The molecule has 1 aliphatic heterocycles. The van der Waals surface area contributed by atoms with Gasteiger partial charge in [-0.05, 0) is 37.3 Å². The molecule has 8 heteroatoms. The van der Waals surface area contributed by atoms with Gasteiger partial charge in [0.2, 0.25) is 0 Å². The van der Waals surface area contributed by atoms with Crippen molar-refractivity contribution in [2.75, 3.05) is 56.8 Å². The molecule has 1 fully saturated rings. The second-order valence-electron chi connectivity index (χ2n) is 7.59. The van der Waals surface area contributed by atoms with Gasteiger partial charge in [-0.1, -0.05) is 29.8 Å². The van der Waals surface area contributed by atoms with Crippen molar-refractivity contribution >= 4 is 23.0 Å². The lowest BCUT2D eigenvalue weighted by molar-refractivity contribution is 0.122. The zero-order valence-electron chi connectivity index (χ0n) is 18.5. The summed E-state index contributed by atoms with van der Waals surface area (Å²) in [5.74, 6) is 0.722. The first-order valence-electron chi connectivity index (χ1n) is 10.6. The third-order valence-corrected chi connectivity index (χ3v) is 6.07. The van der Waals surface area contributed by atoms with Crippen LogP contribution in [0.15, 0.2) is 53.3 Å². The predicted octanol–water partition coefficient (Wildman–Crippen LogP) is 3.85. The van der Waals surface area contributed by atoms with E-state index in [2.05, 4.69) is 4.90 Å². The molecular formula is C24H27ClN4O3. The molecule has 0 amide bonds. The Morgan fingerprint density at radius 3 is 2.56 bits per heavy atom. The molecule has 4 rings (SSSR count). The van der Waals surface area contributed by atoms with Crippen LogP contribution < -0.4 is 20.1 Å². The van der Waals surface area contributed by atoms with Crippen molar-refractivity contribution in [2.24, 2.45) is 0 Å². The summed E-state index contributed by atoms with van der Waals surface area (Å²) in [5.41, 5.74) is 3.26. The van der Waals surface area contributed by atoms with Crippen LogP contribution in [0.1, 0.15) is 6.92 Å². The van der Waals surface area contributed by atoms with E-state index in [-0.39, 0.29) is 5.56 Å². The Balaban J connectivity index is 1.89. The van der Waals surface area contributed by atoms with Crippen LogP contribution in [-0.2, 0) is 4.74 Å². The maximum atomic E-state index is 13.5. The summed E-state index contributed by atoms with van der Waals surface area (Å²) < 4.78 is 12.2. The van der Waals surface area contributed by atoms with Crippen LogP contribution in [0, 0.1) is 0 Å². The van der Waals surface area contributed by atoms with Gasteiger partial charge in [0, 0.05) is 32.2 Å². The van der Waals surface area contributed by atoms with Gasteiger partial charge in [-0.25, -0.2) is 0 Å². The van der Waals surface area contributed by atoms with E-state index in [9.17, 15) is 4.79 Å². The first kappa shape index (κ1) is 22.2. The van der Waals surface area contributed by atoms with E-state index >= 15 is 0 Å². The second-order valence-corrected chi connectivity index (χ2v) is 7.97. The third kappa shape index (κ3) is 4.31. The molecule has 3 aromatic rings. The fourth-order valence-corrected chi connectivity index (χ4v) is 4.06. The van der Waals surface area contributed by atoms with Crippen LogP contribution in [0.25, 0.3) is 16.9 Å². The van der Waals surface area contributed by atoms with Gasteiger partial charge in [0.05, 0.1) is 42.4 Å². The Hall–Kier alpha value is -3.03. The van der Waals surface area contributed by atoms with Gasteiger partial charge in [0.25, 0.3) is 5.56 Å². The predicted molar refractivity (Wildman–Crippen MR) is 129 cm³/mol. The fraction of sp³-hybridized carbons (Fsp3) is 0.333. The molecule has 1 saturated heterocycles. The van der Waals surface area contributed by atoms with Crippen molar-refractivity contribution in [1.82, 2.24) is 9.78 Å². The molecule has 0 N–H and O–H groups in total. The highest BCUT2D eigenvalue weighted by atomic mass is 35.5. The zero-order chi connectivity index (χ0) is 22.7. The molecule has 2 aromatic carbocycles. The van der Waals surface area contributed by atoms with Crippen molar-refractivity contribution in [3.8, 4) is 22.7 Å². The van der Waals surface area contributed by atoms with E-state index in [1.54, 1.807) is 7.11 Å². The molecule has 1 aromatic heterocycles. The average molecular weight is 455 g/mol. The largest absolute Gasteiger partial charge is 0.497 e. The van der Waals surface area contributed by atoms with Gasteiger partial charge < -0.3 is 19.3 Å². The topological polar surface area (TPSA) is 59.8 Å². The quantitative estimate of drug-likeness (QED) is 0.563. The molecule has 2 heterocycles. The third-order valence-electron chi connectivity index (χ3n) is 5.68. The summed E-state index contributed by atoms with van der Waals surface area (Å²) in [7, 11) is 3.52. The number of hydrogen-bond donors (Lipinski definition) is 0. The van der Waals surface area contributed by atoms with Gasteiger partial charge in [-0.2, -0.15) is 9.78 Å². The van der Waals surface area contributed by atoms with E-state index in [0.29, 0.717) is 41.8 Å². The van der Waals surface area contributed by atoms with Crippen molar-refractivity contribution in [2.45, 2.75) is 6.92 Å². The van der Waals surface area contributed by atoms with Crippen LogP contribution in [0.5, 0.6) is 5.75 Å². The number of methoxy groups -OCH3 is 1. The molecule has 32 heavy (non-hydrogen) atoms. The van der Waals surface area contributed by atoms with Crippen LogP contribution in [0.4, 0.5) is 11.4 Å². The molecule has 0 bridgehead atoms. The number of morpholine rings is 1. The first-order chi connectivity index (χ1) is 15.5. The summed E-state index contributed by atoms with van der Waals surface area (Å²) >= 11 is 6.84. The summed E-state index contributed by atoms with van der Waals surface area (Å²) in [6.07, 6.45) is 0. The lowest BCUT2D eigenvalue weighted by Gasteiger charge is -2.30. The van der Waals surface area contributed by atoms with Gasteiger partial charge >= 0.3 is 0 Å². The number of aromatic nitrogens is 2. The summed E-state index contributed by atoms with van der Waals surface area (Å²) in [5, 5.41) is 5.20. The monoisotopic (exact) mass is 454 g/mol. The number of hydrogen-bond acceptors (Lipinski definition) is 6. The normalized spacial score (nSPS) is 13.8. The Bertz CT molecular complexity index is 1160. The molecule has 168 valence electrons.